The zero-order chi connectivity index (χ0) is 28.5. The Morgan fingerprint density at radius 1 is 1.23 bits per heavy atom. The molecule has 5 rings (SSSR count). The summed E-state index contributed by atoms with van der Waals surface area (Å²) in [6.07, 6.45) is 4.28. The van der Waals surface area contributed by atoms with Crippen molar-refractivity contribution in [1.29, 1.82) is 5.26 Å². The molecule has 2 atom stereocenters. The van der Waals surface area contributed by atoms with Crippen LogP contribution >= 0.6 is 0 Å². The molecule has 13 nitrogen and oxygen atoms in total. The van der Waals surface area contributed by atoms with Crippen molar-refractivity contribution < 1.29 is 33.3 Å². The minimum Gasteiger partial charge on any atom is -0.484 e. The van der Waals surface area contributed by atoms with Gasteiger partial charge in [0.1, 0.15) is 47.4 Å². The van der Waals surface area contributed by atoms with E-state index in [1.54, 1.807) is 25.1 Å². The smallest absolute Gasteiger partial charge is 0.248 e. The van der Waals surface area contributed by atoms with Crippen molar-refractivity contribution in [3.63, 3.8) is 0 Å². The van der Waals surface area contributed by atoms with Gasteiger partial charge in [0.2, 0.25) is 12.3 Å². The number of carbonyl (C=O) groups excluding carboxylic acids is 3. The molecule has 2 aromatic rings. The summed E-state index contributed by atoms with van der Waals surface area (Å²) in [5.41, 5.74) is 2.35. The highest BCUT2D eigenvalue weighted by Gasteiger charge is 2.31. The van der Waals surface area contributed by atoms with E-state index >= 15 is 0 Å². The van der Waals surface area contributed by atoms with Crippen LogP contribution in [0.3, 0.4) is 0 Å². The lowest BCUT2D eigenvalue weighted by atomic mass is 10.0. The number of amides is 2. The number of methoxy groups -OCH3 is 1. The number of nitriles is 1. The first kappa shape index (κ1) is 28.9. The molecule has 2 aromatic heterocycles. The number of aldehydes is 1. The van der Waals surface area contributed by atoms with Gasteiger partial charge in [-0.05, 0) is 24.5 Å². The molecule has 0 bridgehead atoms. The first-order chi connectivity index (χ1) is 19.5. The van der Waals surface area contributed by atoms with Gasteiger partial charge >= 0.3 is 0 Å². The van der Waals surface area contributed by atoms with Gasteiger partial charge in [-0.15, -0.1) is 0 Å². The fraction of sp³-hybridized carbons (Fsp3) is 0.481. The number of rotatable bonds is 8. The summed E-state index contributed by atoms with van der Waals surface area (Å²) in [7, 11) is 3.38. The van der Waals surface area contributed by atoms with E-state index in [0.29, 0.717) is 68.7 Å². The van der Waals surface area contributed by atoms with Crippen LogP contribution in [0.2, 0.25) is 0 Å². The predicted octanol–water partition coefficient (Wildman–Crippen LogP) is 0.949. The Hall–Kier alpha value is -4.12. The van der Waals surface area contributed by atoms with E-state index in [1.165, 1.54) is 11.1 Å². The minimum atomic E-state index is -0.200. The Bertz CT molecular complexity index is 1270. The minimum absolute atomic E-state index is 0.0771. The second-order valence-electron chi connectivity index (χ2n) is 9.30. The monoisotopic (exact) mass is 552 g/mol. The van der Waals surface area contributed by atoms with Gasteiger partial charge in [-0.1, -0.05) is 0 Å². The standard InChI is InChI=1S/C15H17N3O4.C12H15N3O3/c19-8-13-12(7-17-4-5-22-9-14(17)21)6-11-2-1-3-18(10-20)15(11)16-13;1-14-12-3-9(8(4-13)5-15-12)18-11-7-17-6-10(11)16-2/h6,8,10H,1-5,7,9H2;3,5,10-11H,6-7H2,1-2H3,(H,14,15). The van der Waals surface area contributed by atoms with Crippen LogP contribution in [0, 0.1) is 11.3 Å². The summed E-state index contributed by atoms with van der Waals surface area (Å²) >= 11 is 0. The number of nitrogens with one attached hydrogen (secondary N) is 1. The van der Waals surface area contributed by atoms with Crippen LogP contribution in [0.25, 0.3) is 0 Å². The molecule has 3 aliphatic rings. The maximum absolute atomic E-state index is 11.8. The molecule has 0 saturated carbocycles. The number of aryl methyl sites for hydroxylation is 1. The van der Waals surface area contributed by atoms with Crippen LogP contribution in [0.1, 0.15) is 33.6 Å². The molecule has 0 radical (unpaired) electrons. The van der Waals surface area contributed by atoms with Crippen LogP contribution in [0.4, 0.5) is 11.6 Å². The fourth-order valence-electron chi connectivity index (χ4n) is 4.60. The molecule has 0 spiro atoms. The first-order valence-corrected chi connectivity index (χ1v) is 12.9. The first-order valence-electron chi connectivity index (χ1n) is 12.9. The van der Waals surface area contributed by atoms with Crippen molar-refractivity contribution in [2.24, 2.45) is 0 Å². The lowest BCUT2D eigenvalue weighted by Gasteiger charge is -2.29. The topological polar surface area (TPSA) is 156 Å². The van der Waals surface area contributed by atoms with E-state index in [2.05, 4.69) is 21.4 Å². The molecule has 2 fully saturated rings. The number of carbonyl (C=O) groups is 3. The number of hydrogen-bond acceptors (Lipinski definition) is 11. The Balaban J connectivity index is 0.000000189. The van der Waals surface area contributed by atoms with Gasteiger partial charge in [-0.25, -0.2) is 9.97 Å². The number of hydrogen-bond donors (Lipinski definition) is 1. The number of pyridine rings is 2. The second-order valence-corrected chi connectivity index (χ2v) is 9.30. The summed E-state index contributed by atoms with van der Waals surface area (Å²) < 4.78 is 21.5. The zero-order valence-corrected chi connectivity index (χ0v) is 22.5. The van der Waals surface area contributed by atoms with Crippen LogP contribution in [0.5, 0.6) is 5.75 Å². The fourth-order valence-corrected chi connectivity index (χ4v) is 4.60. The van der Waals surface area contributed by atoms with Crippen molar-refractivity contribution in [2.45, 2.75) is 31.6 Å². The number of ether oxygens (including phenoxy) is 4. The number of aromatic nitrogens is 2. The molecule has 5 heterocycles. The third-order valence-corrected chi connectivity index (χ3v) is 6.79. The summed E-state index contributed by atoms with van der Waals surface area (Å²) in [5.74, 6) is 1.61. The maximum atomic E-state index is 11.8. The van der Waals surface area contributed by atoms with Gasteiger partial charge in [0.15, 0.2) is 12.4 Å². The van der Waals surface area contributed by atoms with Crippen LogP contribution in [0.15, 0.2) is 18.3 Å². The normalized spacial score (nSPS) is 20.1. The van der Waals surface area contributed by atoms with Crippen LogP contribution < -0.4 is 15.0 Å². The number of anilines is 2. The zero-order valence-electron chi connectivity index (χ0n) is 22.5. The molecule has 3 aliphatic heterocycles. The third-order valence-electron chi connectivity index (χ3n) is 6.79. The molecule has 13 heteroatoms. The molecule has 40 heavy (non-hydrogen) atoms. The van der Waals surface area contributed by atoms with Crippen LogP contribution in [-0.4, -0.2) is 99.4 Å². The Morgan fingerprint density at radius 3 is 2.75 bits per heavy atom. The van der Waals surface area contributed by atoms with E-state index in [1.807, 2.05) is 6.07 Å². The second kappa shape index (κ2) is 13.8. The van der Waals surface area contributed by atoms with Crippen molar-refractivity contribution in [3.05, 3.63) is 40.7 Å². The molecular weight excluding hydrogens is 520 g/mol. The van der Waals surface area contributed by atoms with Crippen molar-refractivity contribution >= 4 is 30.2 Å². The van der Waals surface area contributed by atoms with Gasteiger partial charge in [0, 0.05) is 45.4 Å². The van der Waals surface area contributed by atoms with E-state index in [0.717, 1.165) is 30.4 Å². The lowest BCUT2D eigenvalue weighted by molar-refractivity contribution is -0.143. The van der Waals surface area contributed by atoms with Gasteiger partial charge < -0.3 is 29.2 Å². The molecule has 2 unspecified atom stereocenters. The Kier molecular flexibility index (Phi) is 9.96. The average Bonchev–Trinajstić information content (AvgIpc) is 3.45. The average molecular weight is 553 g/mol. The highest BCUT2D eigenvalue weighted by molar-refractivity contribution is 5.82. The number of morpholine rings is 1. The van der Waals surface area contributed by atoms with Crippen molar-refractivity contribution in [3.8, 4) is 11.8 Å². The quantitative estimate of drug-likeness (QED) is 0.465. The molecular formula is C27H32N6O7. The molecule has 212 valence electrons. The molecule has 0 aliphatic carbocycles. The van der Waals surface area contributed by atoms with Gasteiger partial charge in [-0.3, -0.25) is 19.3 Å². The SMILES string of the molecule is CNc1cc(OC2COCC2OC)c(C#N)cn1.O=Cc1nc2c(cc1CN1CCOCC1=O)CCCN2C=O. The molecule has 0 aromatic carbocycles. The number of nitrogens with zero attached hydrogens (tertiary/aromatic N) is 5. The van der Waals surface area contributed by atoms with Gasteiger partial charge in [-0.2, -0.15) is 5.26 Å². The van der Waals surface area contributed by atoms with E-state index in [4.69, 9.17) is 24.2 Å². The summed E-state index contributed by atoms with van der Waals surface area (Å²) in [5, 5.41) is 11.9. The van der Waals surface area contributed by atoms with Crippen LogP contribution in [-0.2, 0) is 36.8 Å². The largest absolute Gasteiger partial charge is 0.484 e. The predicted molar refractivity (Wildman–Crippen MR) is 142 cm³/mol. The Morgan fingerprint density at radius 2 is 2.05 bits per heavy atom. The lowest BCUT2D eigenvalue weighted by Crippen LogP contribution is -2.41. The molecule has 2 saturated heterocycles. The van der Waals surface area contributed by atoms with Gasteiger partial charge in [0.05, 0.1) is 26.0 Å². The molecule has 2 amide bonds. The summed E-state index contributed by atoms with van der Waals surface area (Å²) in [6, 6.07) is 5.65. The highest BCUT2D eigenvalue weighted by atomic mass is 16.6. The van der Waals surface area contributed by atoms with E-state index in [9.17, 15) is 14.4 Å². The maximum Gasteiger partial charge on any atom is 0.248 e. The third kappa shape index (κ3) is 6.71. The van der Waals surface area contributed by atoms with E-state index < -0.39 is 0 Å². The number of fused-ring (bicyclic) bond motifs is 1. The highest BCUT2D eigenvalue weighted by Crippen LogP contribution is 2.27. The Labute approximate surface area is 232 Å². The van der Waals surface area contributed by atoms with Gasteiger partial charge in [0.25, 0.3) is 0 Å². The van der Waals surface area contributed by atoms with Crippen molar-refractivity contribution in [2.75, 3.05) is 63.9 Å². The summed E-state index contributed by atoms with van der Waals surface area (Å²) in [6.45, 7) is 3.01. The van der Waals surface area contributed by atoms with E-state index in [-0.39, 0.29) is 30.4 Å². The van der Waals surface area contributed by atoms with Crippen molar-refractivity contribution in [1.82, 2.24) is 14.9 Å². The molecule has 1 N–H and O–H groups in total. The summed E-state index contributed by atoms with van der Waals surface area (Å²) in [4.78, 5) is 45.8.